The highest BCUT2D eigenvalue weighted by atomic mass is 35.5. The molecule has 0 saturated carbocycles. The largest absolute Gasteiger partial charge is 0.398 e. The van der Waals surface area contributed by atoms with E-state index in [1.54, 1.807) is 0 Å². The van der Waals surface area contributed by atoms with E-state index in [4.69, 9.17) is 10.5 Å². The zero-order chi connectivity index (χ0) is 13.2. The summed E-state index contributed by atoms with van der Waals surface area (Å²) >= 11 is 0. The lowest BCUT2D eigenvalue weighted by atomic mass is 9.99. The van der Waals surface area contributed by atoms with Gasteiger partial charge in [0.05, 0.1) is 12.5 Å². The van der Waals surface area contributed by atoms with Gasteiger partial charge in [0.2, 0.25) is 5.91 Å². The molecule has 1 fully saturated rings. The second-order valence-electron chi connectivity index (χ2n) is 5.33. The average Bonchev–Trinajstić information content (AvgIpc) is 2.91. The summed E-state index contributed by atoms with van der Waals surface area (Å²) in [4.78, 5) is 14.3. The zero-order valence-electron chi connectivity index (χ0n) is 11.5. The normalized spacial score (nSPS) is 21.2. The molecule has 0 spiro atoms. The van der Waals surface area contributed by atoms with Crippen molar-refractivity contribution in [2.24, 2.45) is 0 Å². The number of ether oxygens (including phenoxy) is 1. The van der Waals surface area contributed by atoms with Gasteiger partial charge in [0.25, 0.3) is 0 Å². The molecule has 2 N–H and O–H groups in total. The highest BCUT2D eigenvalue weighted by Gasteiger charge is 2.27. The summed E-state index contributed by atoms with van der Waals surface area (Å²) in [6.07, 6.45) is 4.63. The van der Waals surface area contributed by atoms with E-state index in [0.29, 0.717) is 6.42 Å². The molecule has 2 aliphatic rings. The fraction of sp³-hybridized carbons (Fsp3) is 0.533. The van der Waals surface area contributed by atoms with E-state index in [9.17, 15) is 4.79 Å². The number of carbonyl (C=O) groups excluding carboxylic acids is 1. The number of amides is 1. The first kappa shape index (κ1) is 15.1. The van der Waals surface area contributed by atoms with Crippen molar-refractivity contribution >= 4 is 29.7 Å². The van der Waals surface area contributed by atoms with Gasteiger partial charge in [0.1, 0.15) is 0 Å². The lowest BCUT2D eigenvalue weighted by Gasteiger charge is -2.31. The summed E-state index contributed by atoms with van der Waals surface area (Å²) in [5.74, 6) is 0.165. The number of anilines is 2. The van der Waals surface area contributed by atoms with Crippen LogP contribution in [0.1, 0.15) is 31.2 Å². The monoisotopic (exact) mass is 296 g/mol. The quantitative estimate of drug-likeness (QED) is 0.853. The highest BCUT2D eigenvalue weighted by molar-refractivity contribution is 5.95. The van der Waals surface area contributed by atoms with E-state index in [2.05, 4.69) is 0 Å². The van der Waals surface area contributed by atoms with Gasteiger partial charge in [-0.15, -0.1) is 12.4 Å². The van der Waals surface area contributed by atoms with Crippen LogP contribution in [-0.4, -0.2) is 25.2 Å². The molecule has 5 heteroatoms. The van der Waals surface area contributed by atoms with Gasteiger partial charge in [-0.05, 0) is 43.4 Å². The zero-order valence-corrected chi connectivity index (χ0v) is 12.3. The van der Waals surface area contributed by atoms with E-state index in [-0.39, 0.29) is 24.4 Å². The van der Waals surface area contributed by atoms with Crippen LogP contribution in [0, 0.1) is 0 Å². The lowest BCUT2D eigenvalue weighted by Crippen LogP contribution is -2.37. The predicted molar refractivity (Wildman–Crippen MR) is 82.4 cm³/mol. The Morgan fingerprint density at radius 1 is 1.40 bits per heavy atom. The van der Waals surface area contributed by atoms with Gasteiger partial charge in [0.15, 0.2) is 0 Å². The number of nitrogens with two attached hydrogens (primary N) is 1. The van der Waals surface area contributed by atoms with E-state index >= 15 is 0 Å². The summed E-state index contributed by atoms with van der Waals surface area (Å²) in [7, 11) is 0. The molecule has 110 valence electrons. The first-order valence-corrected chi connectivity index (χ1v) is 7.05. The molecule has 1 aromatic rings. The number of nitrogen functional groups attached to an aromatic ring is 1. The van der Waals surface area contributed by atoms with Gasteiger partial charge in [-0.1, -0.05) is 6.07 Å². The molecule has 20 heavy (non-hydrogen) atoms. The van der Waals surface area contributed by atoms with E-state index < -0.39 is 0 Å². The van der Waals surface area contributed by atoms with Gasteiger partial charge >= 0.3 is 0 Å². The molecule has 2 heterocycles. The first-order valence-electron chi connectivity index (χ1n) is 7.05. The minimum atomic E-state index is 0. The van der Waals surface area contributed by atoms with E-state index in [1.807, 2.05) is 23.1 Å². The molecule has 0 aliphatic carbocycles. The lowest BCUT2D eigenvalue weighted by molar-refractivity contribution is -0.120. The number of fused-ring (bicyclic) bond motifs is 1. The van der Waals surface area contributed by atoms with Crippen LogP contribution < -0.4 is 10.6 Å². The van der Waals surface area contributed by atoms with Crippen molar-refractivity contribution in [2.75, 3.05) is 23.8 Å². The van der Waals surface area contributed by atoms with Crippen LogP contribution in [0.5, 0.6) is 0 Å². The fourth-order valence-electron chi connectivity index (χ4n) is 3.02. The van der Waals surface area contributed by atoms with Crippen molar-refractivity contribution in [3.8, 4) is 0 Å². The van der Waals surface area contributed by atoms with Gasteiger partial charge in [-0.25, -0.2) is 0 Å². The fourth-order valence-corrected chi connectivity index (χ4v) is 3.02. The minimum absolute atomic E-state index is 0. The van der Waals surface area contributed by atoms with Crippen molar-refractivity contribution in [1.82, 2.24) is 0 Å². The van der Waals surface area contributed by atoms with Crippen molar-refractivity contribution in [3.05, 3.63) is 23.8 Å². The molecule has 0 radical (unpaired) electrons. The standard InChI is InChI=1S/C15H20N2O2.ClH/c16-13-6-1-7-14-12(13)5-2-8-17(14)15(18)10-11-4-3-9-19-11;/h1,6-7,11H,2-5,8-10,16H2;1H. The molecule has 1 unspecified atom stereocenters. The minimum Gasteiger partial charge on any atom is -0.398 e. The van der Waals surface area contributed by atoms with Crippen molar-refractivity contribution in [2.45, 2.75) is 38.2 Å². The topological polar surface area (TPSA) is 55.6 Å². The maximum absolute atomic E-state index is 12.4. The number of benzene rings is 1. The molecule has 0 aromatic heterocycles. The molecule has 3 rings (SSSR count). The van der Waals surface area contributed by atoms with E-state index in [0.717, 1.165) is 55.8 Å². The summed E-state index contributed by atoms with van der Waals surface area (Å²) in [5.41, 5.74) is 8.92. The summed E-state index contributed by atoms with van der Waals surface area (Å²) in [5, 5.41) is 0. The third-order valence-electron chi connectivity index (χ3n) is 4.01. The number of hydrogen-bond donors (Lipinski definition) is 1. The smallest absolute Gasteiger partial charge is 0.229 e. The van der Waals surface area contributed by atoms with Crippen LogP contribution in [0.4, 0.5) is 11.4 Å². The second-order valence-corrected chi connectivity index (χ2v) is 5.33. The van der Waals surface area contributed by atoms with Gasteiger partial charge in [-0.3, -0.25) is 4.79 Å². The molecular formula is C15H21ClN2O2. The Kier molecular flexibility index (Phi) is 4.89. The number of carbonyl (C=O) groups is 1. The molecule has 1 aromatic carbocycles. The summed E-state index contributed by atoms with van der Waals surface area (Å²) < 4.78 is 5.55. The van der Waals surface area contributed by atoms with Crippen LogP contribution >= 0.6 is 12.4 Å². The number of hydrogen-bond acceptors (Lipinski definition) is 3. The Bertz CT molecular complexity index is 487. The summed E-state index contributed by atoms with van der Waals surface area (Å²) in [6.45, 7) is 1.59. The molecule has 4 nitrogen and oxygen atoms in total. The Balaban J connectivity index is 0.00000147. The molecule has 1 saturated heterocycles. The third-order valence-corrected chi connectivity index (χ3v) is 4.01. The van der Waals surface area contributed by atoms with Crippen LogP contribution in [0.15, 0.2) is 18.2 Å². The van der Waals surface area contributed by atoms with Crippen LogP contribution in [0.3, 0.4) is 0 Å². The Morgan fingerprint density at radius 2 is 2.25 bits per heavy atom. The first-order chi connectivity index (χ1) is 9.25. The number of rotatable bonds is 2. The second kappa shape index (κ2) is 6.46. The van der Waals surface area contributed by atoms with Crippen LogP contribution in [0.25, 0.3) is 0 Å². The van der Waals surface area contributed by atoms with E-state index in [1.165, 1.54) is 0 Å². The predicted octanol–water partition coefficient (Wildman–Crippen LogP) is 2.54. The Labute approximate surface area is 125 Å². The number of halogens is 1. The Morgan fingerprint density at radius 3 is 3.00 bits per heavy atom. The third kappa shape index (κ3) is 2.91. The van der Waals surface area contributed by atoms with Crippen molar-refractivity contribution < 1.29 is 9.53 Å². The Hall–Kier alpha value is -1.26. The molecule has 0 bridgehead atoms. The van der Waals surface area contributed by atoms with Crippen molar-refractivity contribution in [1.29, 1.82) is 0 Å². The molecule has 2 aliphatic heterocycles. The molecular weight excluding hydrogens is 276 g/mol. The summed E-state index contributed by atoms with van der Waals surface area (Å²) in [6, 6.07) is 5.83. The maximum atomic E-state index is 12.4. The van der Waals surface area contributed by atoms with Gasteiger partial charge < -0.3 is 15.4 Å². The number of nitrogens with zero attached hydrogens (tertiary/aromatic N) is 1. The van der Waals surface area contributed by atoms with Gasteiger partial charge in [0, 0.05) is 24.5 Å². The van der Waals surface area contributed by atoms with Gasteiger partial charge in [-0.2, -0.15) is 0 Å². The van der Waals surface area contributed by atoms with Crippen molar-refractivity contribution in [3.63, 3.8) is 0 Å². The highest BCUT2D eigenvalue weighted by Crippen LogP contribution is 2.32. The van der Waals surface area contributed by atoms with Crippen LogP contribution in [0.2, 0.25) is 0 Å². The maximum Gasteiger partial charge on any atom is 0.229 e. The SMILES string of the molecule is Cl.Nc1cccc2c1CCCN2C(=O)CC1CCCO1. The molecule has 1 amide bonds. The van der Waals surface area contributed by atoms with Crippen LogP contribution in [-0.2, 0) is 16.0 Å². The average molecular weight is 297 g/mol. The molecule has 1 atom stereocenters.